The van der Waals surface area contributed by atoms with Gasteiger partial charge in [-0.2, -0.15) is 0 Å². The summed E-state index contributed by atoms with van der Waals surface area (Å²) < 4.78 is 23.4. The molecule has 0 radical (unpaired) electrons. The molecule has 1 atom stereocenters. The molecule has 2 heterocycles. The van der Waals surface area contributed by atoms with E-state index in [0.717, 1.165) is 24.8 Å². The van der Waals surface area contributed by atoms with E-state index in [4.69, 9.17) is 0 Å². The number of carbonyl (C=O) groups excluding carboxylic acids is 3. The molecule has 0 bridgehead atoms. The SMILES string of the molecule is CCC(=O)N[C@@H](CCN1CCC2(CC1)NC(=O)N(Cc1ccc(S(C)(=O)=O)cc1)C2=O)c1ccccc1. The fourth-order valence-corrected chi connectivity index (χ4v) is 5.59. The van der Waals surface area contributed by atoms with Crippen molar-refractivity contribution < 1.29 is 22.8 Å². The molecule has 0 aromatic heterocycles. The van der Waals surface area contributed by atoms with Crippen LogP contribution >= 0.6 is 0 Å². The summed E-state index contributed by atoms with van der Waals surface area (Å²) in [4.78, 5) is 41.8. The number of nitrogens with zero attached hydrogens (tertiary/aromatic N) is 2. The van der Waals surface area contributed by atoms with E-state index in [9.17, 15) is 22.8 Å². The highest BCUT2D eigenvalue weighted by Gasteiger charge is 2.52. The number of hydrogen-bond acceptors (Lipinski definition) is 6. The van der Waals surface area contributed by atoms with Gasteiger partial charge in [0.1, 0.15) is 5.54 Å². The molecule has 0 aliphatic carbocycles. The molecule has 2 aliphatic rings. The zero-order valence-electron chi connectivity index (χ0n) is 21.3. The first-order valence-electron chi connectivity index (χ1n) is 12.6. The van der Waals surface area contributed by atoms with Crippen molar-refractivity contribution in [1.82, 2.24) is 20.4 Å². The second-order valence-electron chi connectivity index (χ2n) is 9.83. The second kappa shape index (κ2) is 11.0. The van der Waals surface area contributed by atoms with Crippen LogP contribution in [0.3, 0.4) is 0 Å². The summed E-state index contributed by atoms with van der Waals surface area (Å²) in [5.74, 6) is -0.224. The number of imide groups is 1. The highest BCUT2D eigenvalue weighted by Crippen LogP contribution is 2.31. The Hall–Kier alpha value is -3.24. The topological polar surface area (TPSA) is 116 Å². The zero-order valence-corrected chi connectivity index (χ0v) is 22.1. The minimum atomic E-state index is -3.31. The van der Waals surface area contributed by atoms with Crippen LogP contribution in [0.1, 0.15) is 49.8 Å². The largest absolute Gasteiger partial charge is 0.349 e. The van der Waals surface area contributed by atoms with Crippen LogP contribution in [0.25, 0.3) is 0 Å². The summed E-state index contributed by atoms with van der Waals surface area (Å²) in [7, 11) is -3.31. The number of nitrogens with one attached hydrogen (secondary N) is 2. The van der Waals surface area contributed by atoms with Gasteiger partial charge in [0.2, 0.25) is 5.91 Å². The standard InChI is InChI=1S/C27H34N4O5S/c1-3-24(32)28-23(21-7-5-4-6-8-21)13-16-30-17-14-27(15-18-30)25(33)31(26(34)29-27)19-20-9-11-22(12-10-20)37(2,35)36/h4-12,23H,3,13-19H2,1-2H3,(H,28,32)(H,29,34)/t23-/m0/s1. The number of rotatable bonds is 9. The summed E-state index contributed by atoms with van der Waals surface area (Å²) >= 11 is 0. The van der Waals surface area contributed by atoms with E-state index in [1.165, 1.54) is 17.0 Å². The Morgan fingerprint density at radius 3 is 2.30 bits per heavy atom. The minimum Gasteiger partial charge on any atom is -0.349 e. The van der Waals surface area contributed by atoms with Crippen LogP contribution in [0.5, 0.6) is 0 Å². The summed E-state index contributed by atoms with van der Waals surface area (Å²) in [5, 5.41) is 6.04. The molecule has 4 rings (SSSR count). The second-order valence-corrected chi connectivity index (χ2v) is 11.9. The van der Waals surface area contributed by atoms with Gasteiger partial charge in [0.05, 0.1) is 17.5 Å². The summed E-state index contributed by atoms with van der Waals surface area (Å²) in [6, 6.07) is 15.6. The predicted molar refractivity (Wildman–Crippen MR) is 139 cm³/mol. The van der Waals surface area contributed by atoms with Gasteiger partial charge in [-0.1, -0.05) is 49.4 Å². The maximum Gasteiger partial charge on any atom is 0.325 e. The molecule has 0 unspecified atom stereocenters. The first-order chi connectivity index (χ1) is 17.6. The lowest BCUT2D eigenvalue weighted by Gasteiger charge is -2.37. The van der Waals surface area contributed by atoms with Crippen LogP contribution in [0.2, 0.25) is 0 Å². The lowest BCUT2D eigenvalue weighted by Crippen LogP contribution is -2.55. The maximum atomic E-state index is 13.3. The van der Waals surface area contributed by atoms with Crippen molar-refractivity contribution >= 4 is 27.7 Å². The fraction of sp³-hybridized carbons (Fsp3) is 0.444. The Kier molecular flexibility index (Phi) is 7.99. The first-order valence-corrected chi connectivity index (χ1v) is 14.5. The highest BCUT2D eigenvalue weighted by atomic mass is 32.2. The number of piperidine rings is 1. The van der Waals surface area contributed by atoms with Crippen molar-refractivity contribution in [3.8, 4) is 0 Å². The van der Waals surface area contributed by atoms with Crippen LogP contribution < -0.4 is 10.6 Å². The van der Waals surface area contributed by atoms with Crippen LogP contribution in [0, 0.1) is 0 Å². The Labute approximate surface area is 218 Å². The Morgan fingerprint density at radius 2 is 1.70 bits per heavy atom. The number of amides is 4. The van der Waals surface area contributed by atoms with Gasteiger partial charge in [0.25, 0.3) is 5.91 Å². The van der Waals surface area contributed by atoms with E-state index in [-0.39, 0.29) is 29.3 Å². The third kappa shape index (κ3) is 6.19. The van der Waals surface area contributed by atoms with Gasteiger partial charge in [0, 0.05) is 32.3 Å². The predicted octanol–water partition coefficient (Wildman–Crippen LogP) is 2.63. The fourth-order valence-electron chi connectivity index (χ4n) is 4.96. The summed E-state index contributed by atoms with van der Waals surface area (Å²) in [6.07, 6.45) is 3.34. The maximum absolute atomic E-state index is 13.3. The minimum absolute atomic E-state index is 0.0109. The smallest absolute Gasteiger partial charge is 0.325 e. The Morgan fingerprint density at radius 1 is 1.05 bits per heavy atom. The summed E-state index contributed by atoms with van der Waals surface area (Å²) in [6.45, 7) is 4.01. The van der Waals surface area contributed by atoms with Crippen LogP contribution in [-0.2, 0) is 26.0 Å². The molecular formula is C27H34N4O5S. The van der Waals surface area contributed by atoms with Crippen molar-refractivity contribution in [2.45, 2.75) is 55.6 Å². The number of sulfone groups is 1. The van der Waals surface area contributed by atoms with E-state index < -0.39 is 21.4 Å². The number of likely N-dealkylation sites (tertiary alicyclic amines) is 1. The summed E-state index contributed by atoms with van der Waals surface area (Å²) in [5.41, 5.74) is 0.845. The normalized spacial score (nSPS) is 18.6. The molecule has 10 heteroatoms. The molecule has 9 nitrogen and oxygen atoms in total. The van der Waals surface area contributed by atoms with Gasteiger partial charge < -0.3 is 15.5 Å². The van der Waals surface area contributed by atoms with Crippen LogP contribution in [-0.4, -0.2) is 67.5 Å². The van der Waals surface area contributed by atoms with Crippen molar-refractivity contribution in [3.05, 3.63) is 65.7 Å². The van der Waals surface area contributed by atoms with Gasteiger partial charge in [-0.3, -0.25) is 14.5 Å². The van der Waals surface area contributed by atoms with Crippen LogP contribution in [0.15, 0.2) is 59.5 Å². The Balaban J connectivity index is 1.34. The van der Waals surface area contributed by atoms with Gasteiger partial charge in [-0.25, -0.2) is 13.2 Å². The van der Waals surface area contributed by atoms with Gasteiger partial charge in [0.15, 0.2) is 9.84 Å². The average Bonchev–Trinajstić information content (AvgIpc) is 3.11. The number of urea groups is 1. The van der Waals surface area contributed by atoms with Crippen LogP contribution in [0.4, 0.5) is 4.79 Å². The molecule has 2 N–H and O–H groups in total. The molecule has 2 aliphatic heterocycles. The quantitative estimate of drug-likeness (QED) is 0.486. The molecule has 4 amide bonds. The molecule has 37 heavy (non-hydrogen) atoms. The van der Waals surface area contributed by atoms with Crippen molar-refractivity contribution in [1.29, 1.82) is 0 Å². The third-order valence-corrected chi connectivity index (χ3v) is 8.37. The first kappa shape index (κ1) is 26.8. The van der Waals surface area contributed by atoms with E-state index in [2.05, 4.69) is 15.5 Å². The zero-order chi connectivity index (χ0) is 26.6. The van der Waals surface area contributed by atoms with Crippen molar-refractivity contribution in [2.24, 2.45) is 0 Å². The Bertz CT molecular complexity index is 1240. The molecule has 2 aromatic carbocycles. The van der Waals surface area contributed by atoms with Crippen molar-refractivity contribution in [2.75, 3.05) is 25.9 Å². The molecule has 0 saturated carbocycles. The van der Waals surface area contributed by atoms with Gasteiger partial charge in [-0.05, 0) is 42.5 Å². The molecule has 2 fully saturated rings. The van der Waals surface area contributed by atoms with E-state index in [1.54, 1.807) is 12.1 Å². The lowest BCUT2D eigenvalue weighted by molar-refractivity contribution is -0.133. The van der Waals surface area contributed by atoms with E-state index >= 15 is 0 Å². The monoisotopic (exact) mass is 526 g/mol. The average molecular weight is 527 g/mol. The lowest BCUT2D eigenvalue weighted by atomic mass is 9.87. The number of benzene rings is 2. The number of carbonyl (C=O) groups is 3. The molecule has 1 spiro atoms. The molecule has 2 saturated heterocycles. The van der Waals surface area contributed by atoms with Crippen molar-refractivity contribution in [3.63, 3.8) is 0 Å². The van der Waals surface area contributed by atoms with Gasteiger partial charge >= 0.3 is 6.03 Å². The van der Waals surface area contributed by atoms with Gasteiger partial charge in [-0.15, -0.1) is 0 Å². The van der Waals surface area contributed by atoms with E-state index in [0.29, 0.717) is 37.9 Å². The molecule has 198 valence electrons. The third-order valence-electron chi connectivity index (χ3n) is 7.24. The van der Waals surface area contributed by atoms with E-state index in [1.807, 2.05) is 37.3 Å². The molecule has 2 aromatic rings. The number of hydrogen-bond donors (Lipinski definition) is 2. The highest BCUT2D eigenvalue weighted by molar-refractivity contribution is 7.90. The molecular weight excluding hydrogens is 492 g/mol.